The number of urea groups is 1. The Balaban J connectivity index is 2.57. The molecule has 0 saturated heterocycles. The molecule has 0 radical (unpaired) electrons. The fourth-order valence-corrected chi connectivity index (χ4v) is 1.84. The molecule has 0 spiro atoms. The third-order valence-electron chi connectivity index (χ3n) is 1.63. The second kappa shape index (κ2) is 5.76. The number of hydrogen-bond acceptors (Lipinski definition) is 1. The number of alkyl halides is 3. The van der Waals surface area contributed by atoms with Crippen LogP contribution in [0.15, 0.2) is 18.2 Å². The molecular weight excluding hydrogens is 371 g/mol. The second-order valence-corrected chi connectivity index (χ2v) is 4.70. The van der Waals surface area contributed by atoms with Gasteiger partial charge >= 0.3 is 12.2 Å². The zero-order valence-corrected chi connectivity index (χ0v) is 11.2. The van der Waals surface area contributed by atoms with Crippen LogP contribution in [0.3, 0.4) is 0 Å². The number of rotatable bonds is 2. The summed E-state index contributed by atoms with van der Waals surface area (Å²) in [5.41, 5.74) is 0.256. The number of benzene rings is 1. The van der Waals surface area contributed by atoms with Crippen molar-refractivity contribution in [3.05, 3.63) is 26.8 Å². The molecule has 0 heterocycles. The number of halogens is 5. The van der Waals surface area contributed by atoms with Gasteiger partial charge in [-0.3, -0.25) is 0 Å². The minimum Gasteiger partial charge on any atom is -0.329 e. The summed E-state index contributed by atoms with van der Waals surface area (Å²) in [5, 5.41) is 4.17. The Bertz CT molecular complexity index is 425. The second-order valence-electron chi connectivity index (χ2n) is 3.05. The van der Waals surface area contributed by atoms with Crippen molar-refractivity contribution >= 4 is 45.9 Å². The van der Waals surface area contributed by atoms with Crippen LogP contribution in [0.1, 0.15) is 0 Å². The van der Waals surface area contributed by atoms with Gasteiger partial charge in [0.2, 0.25) is 0 Å². The number of amides is 2. The maximum atomic E-state index is 11.8. The van der Waals surface area contributed by atoms with E-state index in [1.807, 2.05) is 22.6 Å². The Hall–Kier alpha value is -0.700. The van der Waals surface area contributed by atoms with Gasteiger partial charge in [-0.2, -0.15) is 13.2 Å². The van der Waals surface area contributed by atoms with Crippen molar-refractivity contribution in [1.82, 2.24) is 5.32 Å². The smallest absolute Gasteiger partial charge is 0.329 e. The van der Waals surface area contributed by atoms with E-state index in [1.54, 1.807) is 17.4 Å². The van der Waals surface area contributed by atoms with Crippen molar-refractivity contribution in [2.75, 3.05) is 11.9 Å². The van der Waals surface area contributed by atoms with E-state index in [2.05, 4.69) is 5.32 Å². The largest absolute Gasteiger partial charge is 0.405 e. The predicted octanol–water partition coefficient (Wildman–Crippen LogP) is 3.63. The van der Waals surface area contributed by atoms with E-state index in [-0.39, 0.29) is 10.7 Å². The van der Waals surface area contributed by atoms with Crippen LogP contribution in [-0.4, -0.2) is 18.8 Å². The van der Waals surface area contributed by atoms with Crippen LogP contribution < -0.4 is 10.6 Å². The summed E-state index contributed by atoms with van der Waals surface area (Å²) in [6.07, 6.45) is -4.44. The van der Waals surface area contributed by atoms with E-state index in [1.165, 1.54) is 6.07 Å². The molecule has 94 valence electrons. The summed E-state index contributed by atoms with van der Waals surface area (Å²) >= 11 is 7.82. The Morgan fingerprint density at radius 1 is 1.41 bits per heavy atom. The molecule has 0 aliphatic rings. The molecule has 0 atom stereocenters. The van der Waals surface area contributed by atoms with Crippen molar-refractivity contribution in [1.29, 1.82) is 0 Å². The van der Waals surface area contributed by atoms with Gasteiger partial charge in [0.05, 0.1) is 10.7 Å². The molecule has 0 unspecified atom stereocenters. The highest BCUT2D eigenvalue weighted by Gasteiger charge is 2.27. The number of hydrogen-bond donors (Lipinski definition) is 2. The zero-order chi connectivity index (χ0) is 13.1. The minimum atomic E-state index is -4.44. The quantitative estimate of drug-likeness (QED) is 0.758. The summed E-state index contributed by atoms with van der Waals surface area (Å²) in [6, 6.07) is 3.82. The number of carbonyl (C=O) groups excluding carboxylic acids is 1. The average molecular weight is 379 g/mol. The van der Waals surface area contributed by atoms with Crippen LogP contribution in [0.2, 0.25) is 5.02 Å². The number of nitrogens with one attached hydrogen (secondary N) is 2. The lowest BCUT2D eigenvalue weighted by Crippen LogP contribution is -2.36. The topological polar surface area (TPSA) is 41.1 Å². The first-order valence-electron chi connectivity index (χ1n) is 4.34. The van der Waals surface area contributed by atoms with E-state index >= 15 is 0 Å². The lowest BCUT2D eigenvalue weighted by atomic mass is 10.3. The zero-order valence-electron chi connectivity index (χ0n) is 8.24. The lowest BCUT2D eigenvalue weighted by Gasteiger charge is -2.10. The van der Waals surface area contributed by atoms with Crippen LogP contribution in [0.5, 0.6) is 0 Å². The molecule has 1 rings (SSSR count). The predicted molar refractivity (Wildman–Crippen MR) is 67.2 cm³/mol. The van der Waals surface area contributed by atoms with E-state index in [0.717, 1.165) is 3.57 Å². The van der Waals surface area contributed by atoms with Gasteiger partial charge in [0, 0.05) is 3.57 Å². The van der Waals surface area contributed by atoms with Gasteiger partial charge in [0.25, 0.3) is 0 Å². The monoisotopic (exact) mass is 378 g/mol. The number of carbonyl (C=O) groups is 1. The van der Waals surface area contributed by atoms with Crippen LogP contribution >= 0.6 is 34.2 Å². The molecule has 1 aromatic carbocycles. The normalized spacial score (nSPS) is 11.1. The maximum Gasteiger partial charge on any atom is 0.405 e. The molecule has 3 nitrogen and oxygen atoms in total. The average Bonchev–Trinajstić information content (AvgIpc) is 2.18. The Kier molecular flexibility index (Phi) is 4.87. The molecule has 0 fully saturated rings. The highest BCUT2D eigenvalue weighted by atomic mass is 127. The Morgan fingerprint density at radius 2 is 2.06 bits per heavy atom. The SMILES string of the molecule is O=C(NCC(F)(F)F)Nc1ccc(I)cc1Cl. The van der Waals surface area contributed by atoms with Gasteiger partial charge in [0.1, 0.15) is 6.54 Å². The fourth-order valence-electron chi connectivity index (χ4n) is 0.938. The molecular formula is C9H7ClF3IN2O. The van der Waals surface area contributed by atoms with E-state index in [4.69, 9.17) is 11.6 Å². The van der Waals surface area contributed by atoms with Crippen molar-refractivity contribution in [3.63, 3.8) is 0 Å². The first-order chi connectivity index (χ1) is 7.78. The van der Waals surface area contributed by atoms with E-state index < -0.39 is 18.8 Å². The van der Waals surface area contributed by atoms with Crippen molar-refractivity contribution in [3.8, 4) is 0 Å². The first-order valence-corrected chi connectivity index (χ1v) is 5.80. The molecule has 0 aliphatic carbocycles. The van der Waals surface area contributed by atoms with Crippen molar-refractivity contribution in [2.45, 2.75) is 6.18 Å². The maximum absolute atomic E-state index is 11.8. The van der Waals surface area contributed by atoms with Gasteiger partial charge in [-0.05, 0) is 40.8 Å². The van der Waals surface area contributed by atoms with Crippen LogP contribution in [0.25, 0.3) is 0 Å². The molecule has 0 saturated carbocycles. The highest BCUT2D eigenvalue weighted by Crippen LogP contribution is 2.23. The third kappa shape index (κ3) is 5.44. The van der Waals surface area contributed by atoms with Gasteiger partial charge in [-0.1, -0.05) is 11.6 Å². The highest BCUT2D eigenvalue weighted by molar-refractivity contribution is 14.1. The summed E-state index contributed by atoms with van der Waals surface area (Å²) in [4.78, 5) is 11.1. The van der Waals surface area contributed by atoms with Gasteiger partial charge < -0.3 is 10.6 Å². The molecule has 0 aliphatic heterocycles. The lowest BCUT2D eigenvalue weighted by molar-refractivity contribution is -0.122. The molecule has 2 amide bonds. The Labute approximate surface area is 114 Å². The van der Waals surface area contributed by atoms with E-state index in [0.29, 0.717) is 0 Å². The van der Waals surface area contributed by atoms with Gasteiger partial charge in [0.15, 0.2) is 0 Å². The van der Waals surface area contributed by atoms with Crippen LogP contribution in [-0.2, 0) is 0 Å². The molecule has 8 heteroatoms. The molecule has 1 aromatic rings. The molecule has 17 heavy (non-hydrogen) atoms. The third-order valence-corrected chi connectivity index (χ3v) is 2.61. The molecule has 2 N–H and O–H groups in total. The molecule has 0 bridgehead atoms. The van der Waals surface area contributed by atoms with Gasteiger partial charge in [-0.15, -0.1) is 0 Å². The molecule has 0 aromatic heterocycles. The summed E-state index contributed by atoms with van der Waals surface area (Å²) in [5.74, 6) is 0. The van der Waals surface area contributed by atoms with Crippen LogP contribution in [0.4, 0.5) is 23.7 Å². The van der Waals surface area contributed by atoms with E-state index in [9.17, 15) is 18.0 Å². The van der Waals surface area contributed by atoms with Gasteiger partial charge in [-0.25, -0.2) is 4.79 Å². The fraction of sp³-hybridized carbons (Fsp3) is 0.222. The summed E-state index contributed by atoms with van der Waals surface area (Å²) < 4.78 is 36.3. The summed E-state index contributed by atoms with van der Waals surface area (Å²) in [6.45, 7) is -1.39. The van der Waals surface area contributed by atoms with Crippen LogP contribution in [0, 0.1) is 3.57 Å². The minimum absolute atomic E-state index is 0.256. The standard InChI is InChI=1S/C9H7ClF3IN2O/c10-6-3-5(14)1-2-7(6)16-8(17)15-4-9(11,12)13/h1-3H,4H2,(H2,15,16,17). The first kappa shape index (κ1) is 14.4. The summed E-state index contributed by atoms with van der Waals surface area (Å²) in [7, 11) is 0. The Morgan fingerprint density at radius 3 is 2.59 bits per heavy atom. The van der Waals surface area contributed by atoms with Crippen molar-refractivity contribution < 1.29 is 18.0 Å². The van der Waals surface area contributed by atoms with Crippen molar-refractivity contribution in [2.24, 2.45) is 0 Å². The number of anilines is 1.